The topological polar surface area (TPSA) is 121 Å². The zero-order valence-corrected chi connectivity index (χ0v) is 11.1. The van der Waals surface area contributed by atoms with Crippen LogP contribution in [0, 0.1) is 5.92 Å². The summed E-state index contributed by atoms with van der Waals surface area (Å²) < 4.78 is 0. The van der Waals surface area contributed by atoms with Crippen molar-refractivity contribution in [3.05, 3.63) is 18.2 Å². The maximum Gasteiger partial charge on any atom is 0.326 e. The fourth-order valence-electron chi connectivity index (χ4n) is 1.70. The first-order valence-corrected chi connectivity index (χ1v) is 6.16. The number of rotatable bonds is 7. The van der Waals surface area contributed by atoms with Gasteiger partial charge in [-0.05, 0) is 12.3 Å². The van der Waals surface area contributed by atoms with Gasteiger partial charge in [0.25, 0.3) is 0 Å². The van der Waals surface area contributed by atoms with E-state index in [9.17, 15) is 9.59 Å². The van der Waals surface area contributed by atoms with Crippen molar-refractivity contribution in [2.24, 2.45) is 11.7 Å². The second-order valence-corrected chi connectivity index (χ2v) is 4.92. The van der Waals surface area contributed by atoms with Crippen molar-refractivity contribution >= 4 is 11.9 Å². The highest BCUT2D eigenvalue weighted by atomic mass is 16.4. The number of nitrogens with one attached hydrogen (secondary N) is 2. The summed E-state index contributed by atoms with van der Waals surface area (Å²) in [6, 6.07) is -1.70. The van der Waals surface area contributed by atoms with Crippen molar-refractivity contribution < 1.29 is 14.7 Å². The molecule has 0 spiro atoms. The van der Waals surface area contributed by atoms with Crippen molar-refractivity contribution in [3.8, 4) is 0 Å². The van der Waals surface area contributed by atoms with E-state index in [0.29, 0.717) is 12.8 Å². The second-order valence-electron chi connectivity index (χ2n) is 4.92. The summed E-state index contributed by atoms with van der Waals surface area (Å²) in [6.45, 7) is 3.79. The van der Waals surface area contributed by atoms with Gasteiger partial charge in [-0.25, -0.2) is 9.78 Å². The molecule has 19 heavy (non-hydrogen) atoms. The summed E-state index contributed by atoms with van der Waals surface area (Å²) in [5.41, 5.74) is 6.47. The van der Waals surface area contributed by atoms with E-state index in [-0.39, 0.29) is 5.92 Å². The second kappa shape index (κ2) is 6.89. The summed E-state index contributed by atoms with van der Waals surface area (Å²) in [6.07, 6.45) is 3.74. The first-order chi connectivity index (χ1) is 8.90. The van der Waals surface area contributed by atoms with E-state index in [4.69, 9.17) is 10.8 Å². The molecule has 7 heteroatoms. The van der Waals surface area contributed by atoms with Gasteiger partial charge in [-0.1, -0.05) is 13.8 Å². The number of aliphatic carboxylic acids is 1. The van der Waals surface area contributed by atoms with Crippen LogP contribution in [0.4, 0.5) is 0 Å². The fourth-order valence-corrected chi connectivity index (χ4v) is 1.70. The van der Waals surface area contributed by atoms with Crippen molar-refractivity contribution in [2.75, 3.05) is 0 Å². The van der Waals surface area contributed by atoms with Gasteiger partial charge >= 0.3 is 5.97 Å². The number of aromatic amines is 1. The summed E-state index contributed by atoms with van der Waals surface area (Å²) in [7, 11) is 0. The van der Waals surface area contributed by atoms with Gasteiger partial charge in [-0.2, -0.15) is 0 Å². The Hall–Kier alpha value is -1.89. The van der Waals surface area contributed by atoms with Gasteiger partial charge in [0.15, 0.2) is 0 Å². The van der Waals surface area contributed by atoms with Crippen molar-refractivity contribution in [2.45, 2.75) is 38.8 Å². The van der Waals surface area contributed by atoms with Gasteiger partial charge in [-0.3, -0.25) is 4.79 Å². The molecule has 0 aliphatic heterocycles. The van der Waals surface area contributed by atoms with Crippen molar-refractivity contribution in [3.63, 3.8) is 0 Å². The Morgan fingerprint density at radius 3 is 2.68 bits per heavy atom. The molecule has 0 fully saturated rings. The largest absolute Gasteiger partial charge is 0.480 e. The lowest BCUT2D eigenvalue weighted by Gasteiger charge is -2.19. The number of carbonyl (C=O) groups excluding carboxylic acids is 1. The standard InChI is InChI=1S/C12H20N4O3/c1-7(2)3-10(12(18)19)16-11(17)9(13)4-8-5-14-6-15-8/h5-7,9-10H,3-4,13H2,1-2H3,(H,14,15)(H,16,17)(H,18,19)/t9-,10+/m1/s1. The van der Waals surface area contributed by atoms with Crippen LogP contribution in [0.15, 0.2) is 12.5 Å². The molecule has 1 amide bonds. The molecule has 0 saturated carbocycles. The molecule has 0 aliphatic carbocycles. The Morgan fingerprint density at radius 1 is 1.53 bits per heavy atom. The molecular formula is C12H20N4O3. The number of H-pyrrole nitrogens is 1. The summed E-state index contributed by atoms with van der Waals surface area (Å²) >= 11 is 0. The first-order valence-electron chi connectivity index (χ1n) is 6.16. The van der Waals surface area contributed by atoms with Crippen LogP contribution in [0.2, 0.25) is 0 Å². The molecule has 7 nitrogen and oxygen atoms in total. The van der Waals surface area contributed by atoms with Crippen LogP contribution >= 0.6 is 0 Å². The Labute approximate surface area is 111 Å². The third-order valence-corrected chi connectivity index (χ3v) is 2.65. The minimum Gasteiger partial charge on any atom is -0.480 e. The zero-order valence-electron chi connectivity index (χ0n) is 11.1. The van der Waals surface area contributed by atoms with E-state index in [1.165, 1.54) is 6.33 Å². The molecule has 0 aromatic carbocycles. The SMILES string of the molecule is CC(C)C[C@H](NC(=O)[C@H](N)Cc1cnc[nH]1)C(=O)O. The lowest BCUT2D eigenvalue weighted by Crippen LogP contribution is -2.49. The van der Waals surface area contributed by atoms with Crippen molar-refractivity contribution in [1.82, 2.24) is 15.3 Å². The van der Waals surface area contributed by atoms with Gasteiger partial charge < -0.3 is 21.1 Å². The zero-order chi connectivity index (χ0) is 14.4. The predicted octanol–water partition coefficient (Wildman–Crippen LogP) is -0.105. The van der Waals surface area contributed by atoms with Crippen molar-refractivity contribution in [1.29, 1.82) is 0 Å². The third kappa shape index (κ3) is 5.09. The van der Waals surface area contributed by atoms with E-state index in [2.05, 4.69) is 15.3 Å². The maximum absolute atomic E-state index is 11.8. The van der Waals surface area contributed by atoms with E-state index in [1.807, 2.05) is 13.8 Å². The normalized spacial score (nSPS) is 14.1. The minimum atomic E-state index is -1.05. The summed E-state index contributed by atoms with van der Waals surface area (Å²) in [5.74, 6) is -1.34. The van der Waals surface area contributed by atoms with Crippen LogP contribution in [0.25, 0.3) is 0 Å². The van der Waals surface area contributed by atoms with Gasteiger partial charge in [0.2, 0.25) is 5.91 Å². The van der Waals surface area contributed by atoms with E-state index >= 15 is 0 Å². The summed E-state index contributed by atoms with van der Waals surface area (Å²) in [4.78, 5) is 29.5. The molecule has 5 N–H and O–H groups in total. The molecular weight excluding hydrogens is 248 g/mol. The quantitative estimate of drug-likeness (QED) is 0.550. The number of amides is 1. The van der Waals surface area contributed by atoms with Gasteiger partial charge in [0.1, 0.15) is 6.04 Å². The Bertz CT molecular complexity index is 417. The molecule has 1 rings (SSSR count). The molecule has 106 valence electrons. The van der Waals surface area contributed by atoms with Crippen LogP contribution in [-0.4, -0.2) is 39.0 Å². The van der Waals surface area contributed by atoms with E-state index in [0.717, 1.165) is 5.69 Å². The highest BCUT2D eigenvalue weighted by molar-refractivity contribution is 5.86. The van der Waals surface area contributed by atoms with E-state index < -0.39 is 24.0 Å². The number of carboxylic acids is 1. The highest BCUT2D eigenvalue weighted by Crippen LogP contribution is 2.05. The van der Waals surface area contributed by atoms with Gasteiger partial charge in [0.05, 0.1) is 12.4 Å². The molecule has 1 aromatic rings. The van der Waals surface area contributed by atoms with Gasteiger partial charge in [-0.15, -0.1) is 0 Å². The summed E-state index contributed by atoms with van der Waals surface area (Å²) in [5, 5.41) is 11.5. The Morgan fingerprint density at radius 2 is 2.21 bits per heavy atom. The molecule has 0 aliphatic rings. The predicted molar refractivity (Wildman–Crippen MR) is 69.3 cm³/mol. The third-order valence-electron chi connectivity index (χ3n) is 2.65. The number of carbonyl (C=O) groups is 2. The lowest BCUT2D eigenvalue weighted by molar-refractivity contribution is -0.142. The number of hydrogen-bond acceptors (Lipinski definition) is 4. The van der Waals surface area contributed by atoms with Crippen LogP contribution in [0.3, 0.4) is 0 Å². The van der Waals surface area contributed by atoms with Gasteiger partial charge in [0, 0.05) is 18.3 Å². The number of hydrogen-bond donors (Lipinski definition) is 4. The number of imidazole rings is 1. The number of carboxylic acid groups (broad SMARTS) is 1. The fraction of sp³-hybridized carbons (Fsp3) is 0.583. The number of aromatic nitrogens is 2. The van der Waals surface area contributed by atoms with Crippen LogP contribution in [0.1, 0.15) is 26.0 Å². The minimum absolute atomic E-state index is 0.172. The number of nitrogens with zero attached hydrogens (tertiary/aromatic N) is 1. The van der Waals surface area contributed by atoms with E-state index in [1.54, 1.807) is 6.20 Å². The molecule has 1 heterocycles. The van der Waals surface area contributed by atoms with Crippen LogP contribution in [-0.2, 0) is 16.0 Å². The maximum atomic E-state index is 11.8. The first kappa shape index (κ1) is 15.2. The highest BCUT2D eigenvalue weighted by Gasteiger charge is 2.24. The molecule has 0 saturated heterocycles. The monoisotopic (exact) mass is 268 g/mol. The average molecular weight is 268 g/mol. The average Bonchev–Trinajstić information content (AvgIpc) is 2.79. The molecule has 0 radical (unpaired) electrons. The van der Waals surface area contributed by atoms with Crippen LogP contribution < -0.4 is 11.1 Å². The Balaban J connectivity index is 2.53. The smallest absolute Gasteiger partial charge is 0.326 e. The Kier molecular flexibility index (Phi) is 5.50. The lowest BCUT2D eigenvalue weighted by atomic mass is 10.0. The number of nitrogens with two attached hydrogens (primary N) is 1. The molecule has 0 unspecified atom stereocenters. The molecule has 2 atom stereocenters. The molecule has 0 bridgehead atoms. The van der Waals surface area contributed by atoms with Crippen LogP contribution in [0.5, 0.6) is 0 Å². The molecule has 1 aromatic heterocycles.